The van der Waals surface area contributed by atoms with E-state index in [0.717, 1.165) is 0 Å². The third-order valence-electron chi connectivity index (χ3n) is 2.48. The summed E-state index contributed by atoms with van der Waals surface area (Å²) in [5.74, 6) is -5.75. The van der Waals surface area contributed by atoms with E-state index in [0.29, 0.717) is 11.3 Å². The number of halogens is 3. The first kappa shape index (κ1) is 16.2. The van der Waals surface area contributed by atoms with Crippen molar-refractivity contribution >= 4 is 23.4 Å². The van der Waals surface area contributed by atoms with Crippen LogP contribution in [-0.2, 0) is 16.0 Å². The van der Waals surface area contributed by atoms with E-state index in [1.54, 1.807) is 12.1 Å². The largest absolute Gasteiger partial charge is 0.497 e. The number of carbonyl (C=O) groups is 2. The van der Waals surface area contributed by atoms with Crippen molar-refractivity contribution in [3.05, 3.63) is 28.8 Å². The van der Waals surface area contributed by atoms with Gasteiger partial charge in [0.05, 0.1) is 20.1 Å². The molecular weight excluding hydrogens is 294 g/mol. The van der Waals surface area contributed by atoms with E-state index < -0.39 is 24.3 Å². The van der Waals surface area contributed by atoms with Crippen molar-refractivity contribution in [3.63, 3.8) is 0 Å². The standard InChI is InChI=1S/C12H13ClF2N2O3/c1-20-8-3-2-7(9(13)5-8)4-10(18)17-6-12(14,15)11(16)19/h2-3,5H,4,6H2,1H3,(H2,16,19)(H,17,18). The van der Waals surface area contributed by atoms with E-state index >= 15 is 0 Å². The zero-order valence-electron chi connectivity index (χ0n) is 10.6. The number of methoxy groups -OCH3 is 1. The van der Waals surface area contributed by atoms with Crippen LogP contribution >= 0.6 is 11.6 Å². The molecule has 0 unspecified atom stereocenters. The molecular formula is C12H13ClF2N2O3. The van der Waals surface area contributed by atoms with Crippen LogP contribution in [0.15, 0.2) is 18.2 Å². The number of rotatable bonds is 6. The lowest BCUT2D eigenvalue weighted by Gasteiger charge is -2.13. The molecule has 0 atom stereocenters. The third kappa shape index (κ3) is 4.34. The Kier molecular flexibility index (Phi) is 5.26. The molecule has 3 N–H and O–H groups in total. The second-order valence-corrected chi connectivity index (χ2v) is 4.39. The molecule has 1 aromatic rings. The van der Waals surface area contributed by atoms with Gasteiger partial charge in [-0.25, -0.2) is 0 Å². The van der Waals surface area contributed by atoms with Gasteiger partial charge < -0.3 is 15.8 Å². The third-order valence-corrected chi connectivity index (χ3v) is 2.83. The Labute approximate surface area is 119 Å². The Bertz CT molecular complexity index is 523. The highest BCUT2D eigenvalue weighted by molar-refractivity contribution is 6.31. The van der Waals surface area contributed by atoms with Crippen molar-refractivity contribution in [1.82, 2.24) is 5.32 Å². The molecule has 20 heavy (non-hydrogen) atoms. The molecule has 0 saturated carbocycles. The van der Waals surface area contributed by atoms with Crippen molar-refractivity contribution in [3.8, 4) is 5.75 Å². The van der Waals surface area contributed by atoms with Crippen LogP contribution in [0.3, 0.4) is 0 Å². The summed E-state index contributed by atoms with van der Waals surface area (Å²) in [6.07, 6.45) is -0.197. The van der Waals surface area contributed by atoms with Crippen LogP contribution in [0.1, 0.15) is 5.56 Å². The van der Waals surface area contributed by atoms with E-state index in [1.807, 2.05) is 5.32 Å². The van der Waals surface area contributed by atoms with Gasteiger partial charge in [0.1, 0.15) is 5.75 Å². The lowest BCUT2D eigenvalue weighted by atomic mass is 10.1. The highest BCUT2D eigenvalue weighted by atomic mass is 35.5. The molecule has 0 fully saturated rings. The Morgan fingerprint density at radius 1 is 1.45 bits per heavy atom. The van der Waals surface area contributed by atoms with Gasteiger partial charge in [-0.2, -0.15) is 8.78 Å². The van der Waals surface area contributed by atoms with Gasteiger partial charge in [-0.15, -0.1) is 0 Å². The monoisotopic (exact) mass is 306 g/mol. The zero-order valence-corrected chi connectivity index (χ0v) is 11.3. The molecule has 5 nitrogen and oxygen atoms in total. The Balaban J connectivity index is 2.61. The minimum Gasteiger partial charge on any atom is -0.497 e. The first-order valence-corrected chi connectivity index (χ1v) is 5.91. The Morgan fingerprint density at radius 3 is 2.60 bits per heavy atom. The topological polar surface area (TPSA) is 81.4 Å². The number of alkyl halides is 2. The number of amides is 2. The van der Waals surface area contributed by atoms with Gasteiger partial charge in [0.15, 0.2) is 0 Å². The molecule has 0 saturated heterocycles. The zero-order chi connectivity index (χ0) is 15.3. The molecule has 1 rings (SSSR count). The molecule has 1 aromatic carbocycles. The normalized spacial score (nSPS) is 11.0. The maximum atomic E-state index is 12.9. The van der Waals surface area contributed by atoms with Crippen LogP contribution in [0.4, 0.5) is 8.78 Å². The fraction of sp³-hybridized carbons (Fsp3) is 0.333. The predicted molar refractivity (Wildman–Crippen MR) is 68.9 cm³/mol. The lowest BCUT2D eigenvalue weighted by molar-refractivity contribution is -0.142. The molecule has 0 aromatic heterocycles. The highest BCUT2D eigenvalue weighted by Crippen LogP contribution is 2.22. The molecule has 0 spiro atoms. The van der Waals surface area contributed by atoms with Crippen molar-refractivity contribution in [2.24, 2.45) is 5.73 Å². The maximum absolute atomic E-state index is 12.9. The van der Waals surface area contributed by atoms with Gasteiger partial charge in [0, 0.05) is 5.02 Å². The second kappa shape index (κ2) is 6.51. The number of hydrogen-bond donors (Lipinski definition) is 2. The number of nitrogens with two attached hydrogens (primary N) is 1. The fourth-order valence-corrected chi connectivity index (χ4v) is 1.57. The summed E-state index contributed by atoms with van der Waals surface area (Å²) in [4.78, 5) is 21.9. The quantitative estimate of drug-likeness (QED) is 0.826. The molecule has 0 aliphatic carbocycles. The number of ether oxygens (including phenoxy) is 1. The molecule has 0 heterocycles. The van der Waals surface area contributed by atoms with Gasteiger partial charge in [0.25, 0.3) is 5.91 Å². The molecule has 0 bridgehead atoms. The predicted octanol–water partition coefficient (Wildman–Crippen LogP) is 1.13. The van der Waals surface area contributed by atoms with Crippen molar-refractivity contribution in [2.45, 2.75) is 12.3 Å². The van der Waals surface area contributed by atoms with E-state index in [4.69, 9.17) is 16.3 Å². The average Bonchev–Trinajstić information content (AvgIpc) is 2.38. The van der Waals surface area contributed by atoms with Crippen molar-refractivity contribution in [2.75, 3.05) is 13.7 Å². The van der Waals surface area contributed by atoms with Gasteiger partial charge in [-0.3, -0.25) is 9.59 Å². The average molecular weight is 307 g/mol. The molecule has 0 aliphatic heterocycles. The summed E-state index contributed by atoms with van der Waals surface area (Å²) in [5.41, 5.74) is 4.94. The summed E-state index contributed by atoms with van der Waals surface area (Å²) in [6, 6.07) is 4.64. The summed E-state index contributed by atoms with van der Waals surface area (Å²) < 4.78 is 30.7. The van der Waals surface area contributed by atoms with Gasteiger partial charge in [0.2, 0.25) is 5.91 Å². The molecule has 2 amide bonds. The highest BCUT2D eigenvalue weighted by Gasteiger charge is 2.36. The summed E-state index contributed by atoms with van der Waals surface area (Å²) in [7, 11) is 1.46. The summed E-state index contributed by atoms with van der Waals surface area (Å²) in [5, 5.41) is 2.21. The van der Waals surface area contributed by atoms with Crippen molar-refractivity contribution in [1.29, 1.82) is 0 Å². The summed E-state index contributed by atoms with van der Waals surface area (Å²) in [6.45, 7) is -1.14. The minimum atomic E-state index is -3.78. The number of primary amides is 1. The molecule has 8 heteroatoms. The van der Waals surface area contributed by atoms with E-state index in [9.17, 15) is 18.4 Å². The number of hydrogen-bond acceptors (Lipinski definition) is 3. The molecule has 110 valence electrons. The molecule has 0 radical (unpaired) electrons. The van der Waals surface area contributed by atoms with Crippen LogP contribution in [-0.4, -0.2) is 31.4 Å². The van der Waals surface area contributed by atoms with Crippen LogP contribution in [0.25, 0.3) is 0 Å². The number of benzene rings is 1. The first-order valence-electron chi connectivity index (χ1n) is 5.53. The van der Waals surface area contributed by atoms with Gasteiger partial charge in [-0.1, -0.05) is 17.7 Å². The van der Waals surface area contributed by atoms with Crippen LogP contribution in [0.2, 0.25) is 5.02 Å². The first-order chi connectivity index (χ1) is 9.26. The van der Waals surface area contributed by atoms with E-state index in [1.165, 1.54) is 13.2 Å². The Hall–Kier alpha value is -1.89. The van der Waals surface area contributed by atoms with E-state index in [-0.39, 0.29) is 11.4 Å². The van der Waals surface area contributed by atoms with E-state index in [2.05, 4.69) is 5.73 Å². The van der Waals surface area contributed by atoms with Crippen LogP contribution < -0.4 is 15.8 Å². The number of carbonyl (C=O) groups excluding carboxylic acids is 2. The van der Waals surface area contributed by atoms with Gasteiger partial charge in [-0.05, 0) is 17.7 Å². The maximum Gasteiger partial charge on any atom is 0.341 e. The van der Waals surface area contributed by atoms with Gasteiger partial charge >= 0.3 is 5.92 Å². The van der Waals surface area contributed by atoms with Crippen LogP contribution in [0.5, 0.6) is 5.75 Å². The SMILES string of the molecule is COc1ccc(CC(=O)NCC(F)(F)C(N)=O)c(Cl)c1. The minimum absolute atomic E-state index is 0.197. The van der Waals surface area contributed by atoms with Crippen molar-refractivity contribution < 1.29 is 23.1 Å². The van der Waals surface area contributed by atoms with Crippen LogP contribution in [0, 0.1) is 0 Å². The number of nitrogens with one attached hydrogen (secondary N) is 1. The second-order valence-electron chi connectivity index (χ2n) is 3.98. The smallest absolute Gasteiger partial charge is 0.341 e. The fourth-order valence-electron chi connectivity index (χ4n) is 1.33. The summed E-state index contributed by atoms with van der Waals surface area (Å²) >= 11 is 5.91. The Morgan fingerprint density at radius 2 is 2.10 bits per heavy atom. The lowest BCUT2D eigenvalue weighted by Crippen LogP contribution is -2.46. The molecule has 0 aliphatic rings.